The average Bonchev–Trinajstić information content (AvgIpc) is 2.45. The molecule has 0 aliphatic carbocycles. The molecule has 0 saturated heterocycles. The normalized spacial score (nSPS) is 13.5. The Balaban J connectivity index is 2.62. The third kappa shape index (κ3) is 4.25. The molecule has 0 aliphatic heterocycles. The first-order valence-corrected chi connectivity index (χ1v) is 7.25. The highest BCUT2D eigenvalue weighted by Gasteiger charge is 2.25. The van der Waals surface area contributed by atoms with Gasteiger partial charge in [0.2, 0.25) is 0 Å². The van der Waals surface area contributed by atoms with E-state index in [1.54, 1.807) is 0 Å². The summed E-state index contributed by atoms with van der Waals surface area (Å²) in [6, 6.07) is 3.88. The number of rotatable bonds is 8. The molecule has 0 radical (unpaired) electrons. The van der Waals surface area contributed by atoms with Crippen LogP contribution in [0, 0.1) is 17.0 Å². The van der Waals surface area contributed by atoms with Gasteiger partial charge in [0, 0.05) is 30.2 Å². The van der Waals surface area contributed by atoms with Gasteiger partial charge in [-0.1, -0.05) is 19.9 Å². The monoisotopic (exact) mass is 285 g/mol. The molecule has 0 heterocycles. The fourth-order valence-corrected chi connectivity index (χ4v) is 2.28. The fraction of sp³-hybridized carbons (Fsp3) is 0.625. The third-order valence-corrected chi connectivity index (χ3v) is 4.23. The smallest absolute Gasteiger partial charge is 0.129 e. The van der Waals surface area contributed by atoms with E-state index >= 15 is 0 Å². The van der Waals surface area contributed by atoms with Gasteiger partial charge in [0.15, 0.2) is 0 Å². The quantitative estimate of drug-likeness (QED) is 0.768. The zero-order valence-electron chi connectivity index (χ0n) is 12.5. The molecule has 1 rings (SSSR count). The average molecular weight is 285 g/mol. The minimum Gasteiger partial charge on any atom is -0.396 e. The van der Waals surface area contributed by atoms with Crippen LogP contribution in [0.5, 0.6) is 0 Å². The van der Waals surface area contributed by atoms with E-state index in [9.17, 15) is 13.9 Å². The van der Waals surface area contributed by atoms with Crippen LogP contribution in [0.2, 0.25) is 0 Å². The number of aliphatic hydroxyl groups is 1. The molecule has 0 bridgehead atoms. The number of hydrogen-bond acceptors (Lipinski definition) is 2. The molecule has 0 saturated carbocycles. The standard InChI is InChI=1S/C16H25F2NO/c1-4-16(5-2,11-20)10-19-12(3)9-13-14(17)7-6-8-15(13)18/h6-8,12,19-20H,4-5,9-11H2,1-3H3. The second-order valence-corrected chi connectivity index (χ2v) is 5.55. The lowest BCUT2D eigenvalue weighted by Gasteiger charge is -2.31. The van der Waals surface area contributed by atoms with E-state index < -0.39 is 11.6 Å². The van der Waals surface area contributed by atoms with Crippen molar-refractivity contribution in [2.45, 2.75) is 46.1 Å². The third-order valence-electron chi connectivity index (χ3n) is 4.23. The zero-order valence-corrected chi connectivity index (χ0v) is 12.5. The Kier molecular flexibility index (Phi) is 6.56. The van der Waals surface area contributed by atoms with Gasteiger partial charge in [-0.05, 0) is 38.3 Å². The first kappa shape index (κ1) is 17.1. The molecule has 1 unspecified atom stereocenters. The summed E-state index contributed by atoms with van der Waals surface area (Å²) in [6.07, 6.45) is 2.04. The summed E-state index contributed by atoms with van der Waals surface area (Å²) in [5.74, 6) is -1.00. The van der Waals surface area contributed by atoms with Crippen LogP contribution in [0.15, 0.2) is 18.2 Å². The number of nitrogens with one attached hydrogen (secondary N) is 1. The van der Waals surface area contributed by atoms with Crippen LogP contribution in [-0.4, -0.2) is 24.3 Å². The second-order valence-electron chi connectivity index (χ2n) is 5.55. The summed E-state index contributed by atoms with van der Waals surface area (Å²) in [4.78, 5) is 0. The van der Waals surface area contributed by atoms with Crippen LogP contribution in [0.4, 0.5) is 8.78 Å². The van der Waals surface area contributed by atoms with Crippen molar-refractivity contribution < 1.29 is 13.9 Å². The van der Waals surface area contributed by atoms with Gasteiger partial charge in [-0.25, -0.2) is 8.78 Å². The van der Waals surface area contributed by atoms with Crippen molar-refractivity contribution in [3.8, 4) is 0 Å². The van der Waals surface area contributed by atoms with Crippen LogP contribution in [0.3, 0.4) is 0 Å². The van der Waals surface area contributed by atoms with Gasteiger partial charge in [-0.3, -0.25) is 0 Å². The van der Waals surface area contributed by atoms with Gasteiger partial charge in [0.05, 0.1) is 0 Å². The van der Waals surface area contributed by atoms with Crippen LogP contribution in [0.25, 0.3) is 0 Å². The zero-order chi connectivity index (χ0) is 15.2. The molecule has 1 atom stereocenters. The highest BCUT2D eigenvalue weighted by molar-refractivity contribution is 5.20. The lowest BCUT2D eigenvalue weighted by molar-refractivity contribution is 0.110. The van der Waals surface area contributed by atoms with Crippen molar-refractivity contribution in [1.82, 2.24) is 5.32 Å². The van der Waals surface area contributed by atoms with Crippen LogP contribution >= 0.6 is 0 Å². The number of hydrogen-bond donors (Lipinski definition) is 2. The van der Waals surface area contributed by atoms with Gasteiger partial charge in [0.1, 0.15) is 11.6 Å². The number of benzene rings is 1. The molecule has 0 aliphatic rings. The SMILES string of the molecule is CCC(CC)(CO)CNC(C)Cc1c(F)cccc1F. The highest BCUT2D eigenvalue weighted by atomic mass is 19.1. The molecule has 0 aromatic heterocycles. The van der Waals surface area contributed by atoms with E-state index in [0.29, 0.717) is 13.0 Å². The number of aliphatic hydroxyl groups excluding tert-OH is 1. The van der Waals surface area contributed by atoms with E-state index in [1.165, 1.54) is 18.2 Å². The Labute approximate surface area is 120 Å². The van der Waals surface area contributed by atoms with Crippen molar-refractivity contribution >= 4 is 0 Å². The molecule has 1 aromatic carbocycles. The molecule has 0 spiro atoms. The van der Waals surface area contributed by atoms with E-state index in [1.807, 2.05) is 20.8 Å². The van der Waals surface area contributed by atoms with Gasteiger partial charge >= 0.3 is 0 Å². The van der Waals surface area contributed by atoms with Crippen LogP contribution < -0.4 is 5.32 Å². The minimum absolute atomic E-state index is 0.0505. The van der Waals surface area contributed by atoms with Crippen molar-refractivity contribution in [2.24, 2.45) is 5.41 Å². The molecule has 2 nitrogen and oxygen atoms in total. The van der Waals surface area contributed by atoms with Crippen LogP contribution in [-0.2, 0) is 6.42 Å². The van der Waals surface area contributed by atoms with E-state index in [0.717, 1.165) is 12.8 Å². The number of halogens is 2. The molecule has 4 heteroatoms. The molecule has 0 fully saturated rings. The summed E-state index contributed by atoms with van der Waals surface area (Å²) in [5.41, 5.74) is -0.0303. The first-order valence-electron chi connectivity index (χ1n) is 7.25. The van der Waals surface area contributed by atoms with Gasteiger partial charge in [-0.2, -0.15) is 0 Å². The molecule has 2 N–H and O–H groups in total. The molecule has 0 amide bonds. The summed E-state index contributed by atoms with van der Waals surface area (Å²) in [7, 11) is 0. The van der Waals surface area contributed by atoms with Gasteiger partial charge in [-0.15, -0.1) is 0 Å². The summed E-state index contributed by atoms with van der Waals surface area (Å²) in [5, 5.41) is 12.8. The van der Waals surface area contributed by atoms with Crippen molar-refractivity contribution in [1.29, 1.82) is 0 Å². The maximum absolute atomic E-state index is 13.6. The molecule has 20 heavy (non-hydrogen) atoms. The summed E-state index contributed by atoms with van der Waals surface area (Å²) in [6.45, 7) is 6.76. The Morgan fingerprint density at radius 2 is 1.75 bits per heavy atom. The molecule has 114 valence electrons. The van der Waals surface area contributed by atoms with Gasteiger partial charge in [0.25, 0.3) is 0 Å². The lowest BCUT2D eigenvalue weighted by Crippen LogP contribution is -2.41. The highest BCUT2D eigenvalue weighted by Crippen LogP contribution is 2.24. The topological polar surface area (TPSA) is 32.3 Å². The fourth-order valence-electron chi connectivity index (χ4n) is 2.28. The lowest BCUT2D eigenvalue weighted by atomic mass is 9.83. The predicted octanol–water partition coefficient (Wildman–Crippen LogP) is 3.28. The van der Waals surface area contributed by atoms with Crippen molar-refractivity contribution in [3.05, 3.63) is 35.4 Å². The van der Waals surface area contributed by atoms with Crippen molar-refractivity contribution in [2.75, 3.05) is 13.2 Å². The Bertz CT molecular complexity index is 390. The van der Waals surface area contributed by atoms with E-state index in [-0.39, 0.29) is 23.6 Å². The molecular formula is C16H25F2NO. The second kappa shape index (κ2) is 7.70. The Hall–Kier alpha value is -1.00. The predicted molar refractivity (Wildman–Crippen MR) is 77.6 cm³/mol. The van der Waals surface area contributed by atoms with Crippen LogP contribution in [0.1, 0.15) is 39.2 Å². The van der Waals surface area contributed by atoms with Crippen molar-refractivity contribution in [3.63, 3.8) is 0 Å². The largest absolute Gasteiger partial charge is 0.396 e. The first-order chi connectivity index (χ1) is 9.48. The maximum Gasteiger partial charge on any atom is 0.129 e. The minimum atomic E-state index is -0.502. The maximum atomic E-state index is 13.6. The van der Waals surface area contributed by atoms with E-state index in [2.05, 4.69) is 5.32 Å². The summed E-state index contributed by atoms with van der Waals surface area (Å²) < 4.78 is 27.2. The molecular weight excluding hydrogens is 260 g/mol. The molecule has 1 aromatic rings. The Morgan fingerprint density at radius 1 is 1.20 bits per heavy atom. The van der Waals surface area contributed by atoms with Gasteiger partial charge < -0.3 is 10.4 Å². The summed E-state index contributed by atoms with van der Waals surface area (Å²) >= 11 is 0. The Morgan fingerprint density at radius 3 is 2.20 bits per heavy atom. The van der Waals surface area contributed by atoms with E-state index in [4.69, 9.17) is 0 Å².